The van der Waals surface area contributed by atoms with Crippen LogP contribution in [0.25, 0.3) is 10.2 Å². The molecule has 0 fully saturated rings. The van der Waals surface area contributed by atoms with Crippen LogP contribution in [0.5, 0.6) is 5.75 Å². The number of carbonyl (C=O) groups excluding carboxylic acids is 1. The van der Waals surface area contributed by atoms with Crippen LogP contribution in [0.15, 0.2) is 46.6 Å². The molecule has 0 saturated heterocycles. The molecule has 0 aliphatic heterocycles. The summed E-state index contributed by atoms with van der Waals surface area (Å²) in [5.74, 6) is 0.466. The van der Waals surface area contributed by atoms with Crippen LogP contribution in [0.4, 0.5) is 16.5 Å². The lowest BCUT2D eigenvalue weighted by atomic mass is 10.1. The Labute approximate surface area is 187 Å². The zero-order valence-corrected chi connectivity index (χ0v) is 19.4. The molecular weight excluding hydrogens is 410 g/mol. The Morgan fingerprint density at radius 1 is 1.13 bits per heavy atom. The Kier molecular flexibility index (Phi) is 7.57. The molecule has 31 heavy (non-hydrogen) atoms. The van der Waals surface area contributed by atoms with Crippen LogP contribution in [0.1, 0.15) is 32.8 Å². The standard InChI is InChI=1S/C23H29N5O2S/c1-5-27(6-2)17-8-10-19(16(4)14-17)25-26-23-28(13-12-22(24)29)20-11-9-18(30-7-3)15-21(20)31-23/h8-11,14-15H,5-7,12-13H2,1-4H3,(H-,24,29)/p+1. The molecular formula is C23H30N5O2S+. The Balaban J connectivity index is 1.96. The molecule has 3 rings (SSSR count). The minimum Gasteiger partial charge on any atom is -0.494 e. The summed E-state index contributed by atoms with van der Waals surface area (Å²) in [7, 11) is 0. The first-order valence-corrected chi connectivity index (χ1v) is 11.4. The van der Waals surface area contributed by atoms with E-state index in [-0.39, 0.29) is 12.3 Å². The fourth-order valence-electron chi connectivity index (χ4n) is 3.46. The van der Waals surface area contributed by atoms with Gasteiger partial charge in [0.1, 0.15) is 23.5 Å². The van der Waals surface area contributed by atoms with E-state index in [2.05, 4.69) is 41.1 Å². The summed E-state index contributed by atoms with van der Waals surface area (Å²) < 4.78 is 8.64. The first-order valence-electron chi connectivity index (χ1n) is 10.6. The quantitative estimate of drug-likeness (QED) is 0.354. The van der Waals surface area contributed by atoms with E-state index in [4.69, 9.17) is 10.5 Å². The largest absolute Gasteiger partial charge is 0.494 e. The zero-order chi connectivity index (χ0) is 22.4. The molecule has 1 amide bonds. The number of primary amides is 1. The highest BCUT2D eigenvalue weighted by Gasteiger charge is 2.21. The molecule has 164 valence electrons. The summed E-state index contributed by atoms with van der Waals surface area (Å²) in [5.41, 5.74) is 9.44. The summed E-state index contributed by atoms with van der Waals surface area (Å²) in [5, 5.41) is 9.78. The van der Waals surface area contributed by atoms with Gasteiger partial charge in [0.15, 0.2) is 0 Å². The minimum atomic E-state index is -0.344. The molecule has 2 aromatic carbocycles. The number of ether oxygens (including phenoxy) is 1. The Morgan fingerprint density at radius 2 is 1.90 bits per heavy atom. The van der Waals surface area contributed by atoms with Gasteiger partial charge in [-0.2, -0.15) is 0 Å². The van der Waals surface area contributed by atoms with Crippen molar-refractivity contribution < 1.29 is 14.1 Å². The lowest BCUT2D eigenvalue weighted by Crippen LogP contribution is -2.34. The average molecular weight is 441 g/mol. The molecule has 1 heterocycles. The van der Waals surface area contributed by atoms with Crippen molar-refractivity contribution in [3.05, 3.63) is 42.0 Å². The fraction of sp³-hybridized carbons (Fsp3) is 0.391. The maximum Gasteiger partial charge on any atom is 0.409 e. The van der Waals surface area contributed by atoms with E-state index in [1.165, 1.54) is 17.0 Å². The third kappa shape index (κ3) is 5.38. The number of aromatic nitrogens is 1. The molecule has 0 unspecified atom stereocenters. The highest BCUT2D eigenvalue weighted by atomic mass is 32.1. The predicted molar refractivity (Wildman–Crippen MR) is 126 cm³/mol. The van der Waals surface area contributed by atoms with Crippen molar-refractivity contribution in [3.63, 3.8) is 0 Å². The van der Waals surface area contributed by atoms with Crippen molar-refractivity contribution in [1.82, 2.24) is 0 Å². The molecule has 0 aliphatic rings. The number of anilines is 1. The number of hydrogen-bond acceptors (Lipinski definition) is 6. The number of nitrogens with two attached hydrogens (primary N) is 1. The van der Waals surface area contributed by atoms with Gasteiger partial charge in [0.2, 0.25) is 5.91 Å². The van der Waals surface area contributed by atoms with E-state index in [1.54, 1.807) is 0 Å². The van der Waals surface area contributed by atoms with Crippen molar-refractivity contribution in [1.29, 1.82) is 0 Å². The van der Waals surface area contributed by atoms with Gasteiger partial charge in [-0.05, 0) is 80.0 Å². The molecule has 7 nitrogen and oxygen atoms in total. The topological polar surface area (TPSA) is 84.2 Å². The van der Waals surface area contributed by atoms with Crippen LogP contribution in [0.2, 0.25) is 0 Å². The third-order valence-electron chi connectivity index (χ3n) is 5.10. The second-order valence-corrected chi connectivity index (χ2v) is 8.17. The minimum absolute atomic E-state index is 0.240. The van der Waals surface area contributed by atoms with Crippen LogP contribution >= 0.6 is 11.3 Å². The summed E-state index contributed by atoms with van der Waals surface area (Å²) >= 11 is 1.52. The van der Waals surface area contributed by atoms with E-state index in [0.717, 1.165) is 45.4 Å². The van der Waals surface area contributed by atoms with E-state index in [0.29, 0.717) is 13.2 Å². The number of nitrogens with zero attached hydrogens (tertiary/aromatic N) is 4. The first-order chi connectivity index (χ1) is 15.0. The SMILES string of the molecule is CCOc1ccc2c(c1)sc(N=Nc1ccc(N(CC)CC)cc1C)[n+]2CCC(N)=O. The number of rotatable bonds is 10. The van der Waals surface area contributed by atoms with Gasteiger partial charge in [0.25, 0.3) is 0 Å². The molecule has 0 atom stereocenters. The lowest BCUT2D eigenvalue weighted by molar-refractivity contribution is -0.653. The molecule has 3 aromatic rings. The van der Waals surface area contributed by atoms with Gasteiger partial charge in [-0.1, -0.05) is 0 Å². The average Bonchev–Trinajstić information content (AvgIpc) is 3.09. The van der Waals surface area contributed by atoms with Gasteiger partial charge in [0, 0.05) is 24.8 Å². The number of hydrogen-bond donors (Lipinski definition) is 1. The van der Waals surface area contributed by atoms with Crippen LogP contribution in [-0.2, 0) is 11.3 Å². The Morgan fingerprint density at radius 3 is 2.55 bits per heavy atom. The number of azo groups is 1. The summed E-state index contributed by atoms with van der Waals surface area (Å²) in [6.07, 6.45) is 0.240. The third-order valence-corrected chi connectivity index (χ3v) is 6.13. The predicted octanol–water partition coefficient (Wildman–Crippen LogP) is 5.03. The number of amides is 1. The highest BCUT2D eigenvalue weighted by molar-refractivity contribution is 7.21. The van der Waals surface area contributed by atoms with Crippen LogP contribution < -0.4 is 19.9 Å². The second-order valence-electron chi connectivity index (χ2n) is 7.16. The van der Waals surface area contributed by atoms with Crippen molar-refractivity contribution >= 4 is 44.0 Å². The fourth-order valence-corrected chi connectivity index (χ4v) is 4.49. The molecule has 0 bridgehead atoms. The number of thiazole rings is 1. The van der Waals surface area contributed by atoms with Gasteiger partial charge >= 0.3 is 5.13 Å². The van der Waals surface area contributed by atoms with Gasteiger partial charge in [-0.3, -0.25) is 4.79 Å². The monoisotopic (exact) mass is 440 g/mol. The molecule has 1 aromatic heterocycles. The Hall–Kier alpha value is -3.00. The molecule has 0 aliphatic carbocycles. The van der Waals surface area contributed by atoms with E-state index >= 15 is 0 Å². The lowest BCUT2D eigenvalue weighted by Gasteiger charge is -2.21. The molecule has 2 N–H and O–H groups in total. The smallest absolute Gasteiger partial charge is 0.409 e. The number of fused-ring (bicyclic) bond motifs is 1. The van der Waals surface area contributed by atoms with Crippen LogP contribution in [0.3, 0.4) is 0 Å². The summed E-state index contributed by atoms with van der Waals surface area (Å²) in [4.78, 5) is 13.7. The van der Waals surface area contributed by atoms with Crippen LogP contribution in [-0.4, -0.2) is 25.6 Å². The van der Waals surface area contributed by atoms with Crippen LogP contribution in [0, 0.1) is 6.92 Å². The summed E-state index contributed by atoms with van der Waals surface area (Å²) in [6, 6.07) is 12.1. The van der Waals surface area contributed by atoms with Crippen molar-refractivity contribution in [2.24, 2.45) is 16.0 Å². The van der Waals surface area contributed by atoms with Gasteiger partial charge < -0.3 is 15.4 Å². The highest BCUT2D eigenvalue weighted by Crippen LogP contribution is 2.32. The van der Waals surface area contributed by atoms with Gasteiger partial charge in [-0.25, -0.2) is 4.57 Å². The second kappa shape index (κ2) is 10.3. The normalized spacial score (nSPS) is 11.4. The molecule has 8 heteroatoms. The van der Waals surface area contributed by atoms with Crippen molar-refractivity contribution in [2.75, 3.05) is 24.6 Å². The summed E-state index contributed by atoms with van der Waals surface area (Å²) in [6.45, 7) is 11.3. The van der Waals surface area contributed by atoms with Crippen molar-refractivity contribution in [3.8, 4) is 5.75 Å². The molecule has 0 saturated carbocycles. The number of benzene rings is 2. The first kappa shape index (κ1) is 22.7. The van der Waals surface area contributed by atoms with E-state index < -0.39 is 0 Å². The Bertz CT molecular complexity index is 1090. The van der Waals surface area contributed by atoms with Crippen molar-refractivity contribution in [2.45, 2.75) is 40.7 Å². The maximum atomic E-state index is 11.4. The van der Waals surface area contributed by atoms with E-state index in [9.17, 15) is 4.79 Å². The molecule has 0 radical (unpaired) electrons. The molecule has 0 spiro atoms. The van der Waals surface area contributed by atoms with Gasteiger partial charge in [-0.15, -0.1) is 0 Å². The number of aryl methyl sites for hydroxylation is 2. The number of carbonyl (C=O) groups is 1. The van der Waals surface area contributed by atoms with Gasteiger partial charge in [0.05, 0.1) is 22.8 Å². The zero-order valence-electron chi connectivity index (χ0n) is 18.6. The van der Waals surface area contributed by atoms with E-state index in [1.807, 2.05) is 42.7 Å². The maximum absolute atomic E-state index is 11.4.